The minimum absolute atomic E-state index is 0.0275. The van der Waals surface area contributed by atoms with Crippen LogP contribution in [-0.2, 0) is 5.54 Å². The number of halogens is 1. The summed E-state index contributed by atoms with van der Waals surface area (Å²) in [5.74, 6) is 1.04. The van der Waals surface area contributed by atoms with Crippen LogP contribution in [0.15, 0.2) is 48.8 Å². The molecule has 0 spiro atoms. The number of carbonyl (C=O) groups excluding carboxylic acids is 1. The SMILES string of the molecule is Cc1cccc(-c2cc(C(C)(C)N)cc(OC3C4CN(C(=O)c5sc(-c6ncccn6)nc5C)CC43)n2)c1F. The average molecular weight is 545 g/mol. The Morgan fingerprint density at radius 1 is 1.10 bits per heavy atom. The van der Waals surface area contributed by atoms with Gasteiger partial charge in [-0.05, 0) is 57.0 Å². The Bertz CT molecular complexity index is 1560. The quantitative estimate of drug-likeness (QED) is 0.373. The maximum absolute atomic E-state index is 14.9. The normalized spacial score (nSPS) is 20.2. The highest BCUT2D eigenvalue weighted by Gasteiger charge is 2.59. The van der Waals surface area contributed by atoms with Crippen LogP contribution in [0, 0.1) is 31.5 Å². The van der Waals surface area contributed by atoms with Crippen molar-refractivity contribution in [2.75, 3.05) is 13.1 Å². The molecule has 10 heteroatoms. The van der Waals surface area contributed by atoms with Gasteiger partial charge in [-0.15, -0.1) is 11.3 Å². The van der Waals surface area contributed by atoms with Crippen molar-refractivity contribution in [3.05, 3.63) is 76.3 Å². The standard InChI is InChI=1S/C29H29FN6O2S/c1-15-7-5-8-18(23(15)30)21-11-17(29(3,4)31)12-22(35-21)38-24-19-13-36(14-20(19)24)28(37)25-16(2)34-27(39-25)26-32-9-6-10-33-26/h5-12,19-20,24H,13-14,31H2,1-4H3. The summed E-state index contributed by atoms with van der Waals surface area (Å²) >= 11 is 1.32. The van der Waals surface area contributed by atoms with E-state index in [0.29, 0.717) is 57.2 Å². The Kier molecular flexibility index (Phi) is 6.19. The van der Waals surface area contributed by atoms with E-state index in [1.54, 1.807) is 37.5 Å². The van der Waals surface area contributed by atoms with Gasteiger partial charge in [0.15, 0.2) is 10.8 Å². The number of benzene rings is 1. The number of nitrogens with zero attached hydrogens (tertiary/aromatic N) is 5. The topological polar surface area (TPSA) is 107 Å². The van der Waals surface area contributed by atoms with Crippen molar-refractivity contribution in [1.29, 1.82) is 0 Å². The third kappa shape index (κ3) is 4.79. The second kappa shape index (κ2) is 9.46. The molecular formula is C29H29FN6O2S. The van der Waals surface area contributed by atoms with Crippen molar-refractivity contribution in [2.45, 2.75) is 39.3 Å². The van der Waals surface area contributed by atoms with E-state index in [1.807, 2.05) is 43.9 Å². The van der Waals surface area contributed by atoms with Gasteiger partial charge in [0.2, 0.25) is 5.88 Å². The summed E-state index contributed by atoms with van der Waals surface area (Å²) in [6.07, 6.45) is 3.27. The fraction of sp³-hybridized carbons (Fsp3) is 0.345. The lowest BCUT2D eigenvalue weighted by Crippen LogP contribution is -2.33. The highest BCUT2D eigenvalue weighted by molar-refractivity contribution is 7.17. The van der Waals surface area contributed by atoms with Crippen molar-refractivity contribution < 1.29 is 13.9 Å². The van der Waals surface area contributed by atoms with Gasteiger partial charge in [-0.3, -0.25) is 4.79 Å². The Balaban J connectivity index is 1.17. The number of nitrogens with two attached hydrogens (primary N) is 1. The summed E-state index contributed by atoms with van der Waals surface area (Å²) in [5, 5.41) is 0.636. The predicted molar refractivity (Wildman–Crippen MR) is 147 cm³/mol. The third-order valence-corrected chi connectivity index (χ3v) is 8.56. The van der Waals surface area contributed by atoms with E-state index in [2.05, 4.69) is 19.9 Å². The van der Waals surface area contributed by atoms with Crippen molar-refractivity contribution in [2.24, 2.45) is 17.6 Å². The number of piperidine rings is 1. The lowest BCUT2D eigenvalue weighted by atomic mass is 9.94. The largest absolute Gasteiger partial charge is 0.474 e. The van der Waals surface area contributed by atoms with Crippen LogP contribution in [0.4, 0.5) is 4.39 Å². The minimum atomic E-state index is -0.658. The van der Waals surface area contributed by atoms with Gasteiger partial charge in [0, 0.05) is 54.5 Å². The third-order valence-electron chi connectivity index (χ3n) is 7.42. The molecule has 1 saturated heterocycles. The molecule has 1 aliphatic heterocycles. The molecule has 0 bridgehead atoms. The molecule has 2 unspecified atom stereocenters. The number of hydrogen-bond acceptors (Lipinski definition) is 8. The van der Waals surface area contributed by atoms with Crippen LogP contribution in [-0.4, -0.2) is 49.9 Å². The Morgan fingerprint density at radius 3 is 2.51 bits per heavy atom. The van der Waals surface area contributed by atoms with Crippen LogP contribution in [0.5, 0.6) is 5.88 Å². The molecule has 1 aliphatic carbocycles. The molecule has 1 amide bonds. The van der Waals surface area contributed by atoms with Gasteiger partial charge in [0.05, 0.1) is 11.4 Å². The van der Waals surface area contributed by atoms with Crippen molar-refractivity contribution >= 4 is 17.2 Å². The number of hydrogen-bond donors (Lipinski definition) is 1. The number of amides is 1. The number of ether oxygens (including phenoxy) is 1. The van der Waals surface area contributed by atoms with E-state index in [4.69, 9.17) is 10.5 Å². The van der Waals surface area contributed by atoms with Gasteiger partial charge in [-0.2, -0.15) is 0 Å². The number of thiazole rings is 1. The highest BCUT2D eigenvalue weighted by Crippen LogP contribution is 2.48. The first kappa shape index (κ1) is 25.5. The summed E-state index contributed by atoms with van der Waals surface area (Å²) < 4.78 is 21.3. The molecule has 1 aromatic carbocycles. The van der Waals surface area contributed by atoms with Crippen LogP contribution in [0.1, 0.15) is 40.3 Å². The molecule has 4 aromatic rings. The molecule has 3 aromatic heterocycles. The predicted octanol–water partition coefficient (Wildman–Crippen LogP) is 4.76. The summed E-state index contributed by atoms with van der Waals surface area (Å²) in [6, 6.07) is 10.7. The number of rotatable bonds is 6. The maximum Gasteiger partial charge on any atom is 0.265 e. The first-order valence-corrected chi connectivity index (χ1v) is 13.7. The van der Waals surface area contributed by atoms with Gasteiger partial charge in [0.1, 0.15) is 16.8 Å². The fourth-order valence-electron chi connectivity index (χ4n) is 5.12. The number of aromatic nitrogens is 4. The summed E-state index contributed by atoms with van der Waals surface area (Å²) in [6.45, 7) is 8.57. The van der Waals surface area contributed by atoms with E-state index in [0.717, 1.165) is 5.56 Å². The van der Waals surface area contributed by atoms with E-state index < -0.39 is 5.54 Å². The maximum atomic E-state index is 14.9. The number of carbonyl (C=O) groups is 1. The average Bonchev–Trinajstić information content (AvgIpc) is 3.22. The van der Waals surface area contributed by atoms with Crippen molar-refractivity contribution in [1.82, 2.24) is 24.8 Å². The molecule has 8 nitrogen and oxygen atoms in total. The molecule has 2 atom stereocenters. The molecule has 4 heterocycles. The summed E-state index contributed by atoms with van der Waals surface area (Å²) in [4.78, 5) is 33.5. The zero-order valence-electron chi connectivity index (χ0n) is 22.2. The molecule has 39 heavy (non-hydrogen) atoms. The summed E-state index contributed by atoms with van der Waals surface area (Å²) in [7, 11) is 0. The number of fused-ring (bicyclic) bond motifs is 1. The zero-order valence-corrected chi connectivity index (χ0v) is 23.0. The van der Waals surface area contributed by atoms with Crippen LogP contribution in [0.3, 0.4) is 0 Å². The molecule has 6 rings (SSSR count). The number of aryl methyl sites for hydroxylation is 2. The van der Waals surface area contributed by atoms with E-state index >= 15 is 0 Å². The molecule has 200 valence electrons. The van der Waals surface area contributed by atoms with Crippen molar-refractivity contribution in [3.63, 3.8) is 0 Å². The molecule has 2 fully saturated rings. The van der Waals surface area contributed by atoms with Crippen LogP contribution < -0.4 is 10.5 Å². The molecule has 2 aliphatic rings. The Hall–Kier alpha value is -3.76. The molecule has 1 saturated carbocycles. The lowest BCUT2D eigenvalue weighted by molar-refractivity contribution is 0.0755. The lowest BCUT2D eigenvalue weighted by Gasteiger charge is -2.22. The second-order valence-electron chi connectivity index (χ2n) is 10.9. The first-order valence-electron chi connectivity index (χ1n) is 12.9. The Morgan fingerprint density at radius 2 is 1.82 bits per heavy atom. The monoisotopic (exact) mass is 544 g/mol. The number of likely N-dealkylation sites (tertiary alicyclic amines) is 1. The smallest absolute Gasteiger partial charge is 0.265 e. The Labute approximate surface area is 230 Å². The van der Waals surface area contributed by atoms with Gasteiger partial charge in [-0.1, -0.05) is 12.1 Å². The van der Waals surface area contributed by atoms with E-state index in [9.17, 15) is 9.18 Å². The second-order valence-corrected chi connectivity index (χ2v) is 11.9. The van der Waals surface area contributed by atoms with Crippen LogP contribution in [0.2, 0.25) is 0 Å². The van der Waals surface area contributed by atoms with Crippen LogP contribution in [0.25, 0.3) is 22.1 Å². The van der Waals surface area contributed by atoms with Gasteiger partial charge in [0.25, 0.3) is 5.91 Å². The zero-order chi connectivity index (χ0) is 27.5. The molecule has 0 radical (unpaired) electrons. The summed E-state index contributed by atoms with van der Waals surface area (Å²) in [5.41, 5.74) is 8.69. The highest BCUT2D eigenvalue weighted by atomic mass is 32.1. The van der Waals surface area contributed by atoms with Crippen molar-refractivity contribution in [3.8, 4) is 28.0 Å². The van der Waals surface area contributed by atoms with Gasteiger partial charge >= 0.3 is 0 Å². The fourth-order valence-corrected chi connectivity index (χ4v) is 6.10. The van der Waals surface area contributed by atoms with E-state index in [-0.39, 0.29) is 29.7 Å². The van der Waals surface area contributed by atoms with Gasteiger partial charge < -0.3 is 15.4 Å². The van der Waals surface area contributed by atoms with E-state index in [1.165, 1.54) is 11.3 Å². The molecular weight excluding hydrogens is 515 g/mol. The van der Waals surface area contributed by atoms with Gasteiger partial charge in [-0.25, -0.2) is 24.3 Å². The minimum Gasteiger partial charge on any atom is -0.474 e. The van der Waals surface area contributed by atoms with Crippen LogP contribution >= 0.6 is 11.3 Å². The number of pyridine rings is 1. The molecule has 2 N–H and O–H groups in total. The first-order chi connectivity index (χ1) is 18.6.